The summed E-state index contributed by atoms with van der Waals surface area (Å²) < 4.78 is 0. The molecule has 1 aliphatic heterocycles. The normalized spacial score (nSPS) is 27.5. The van der Waals surface area contributed by atoms with Gasteiger partial charge in [-0.05, 0) is 38.2 Å². The topological polar surface area (TPSA) is 58.4 Å². The lowest BCUT2D eigenvalue weighted by Crippen LogP contribution is -2.47. The highest BCUT2D eigenvalue weighted by atomic mass is 16.2. The lowest BCUT2D eigenvalue weighted by molar-refractivity contribution is -0.123. The van der Waals surface area contributed by atoms with Gasteiger partial charge in [-0.3, -0.25) is 9.69 Å². The van der Waals surface area contributed by atoms with Crippen LogP contribution in [0.1, 0.15) is 31.7 Å². The maximum atomic E-state index is 12.2. The minimum atomic E-state index is -0.460. The van der Waals surface area contributed by atoms with Crippen LogP contribution in [-0.2, 0) is 11.2 Å². The monoisotopic (exact) mass is 287 g/mol. The first kappa shape index (κ1) is 14.5. The van der Waals surface area contributed by atoms with Gasteiger partial charge in [0.2, 0.25) is 5.91 Å². The summed E-state index contributed by atoms with van der Waals surface area (Å²) in [5.74, 6) is -0.0197. The predicted molar refractivity (Wildman–Crippen MR) is 83.9 cm³/mol. The van der Waals surface area contributed by atoms with Crippen molar-refractivity contribution in [1.82, 2.24) is 10.2 Å². The first-order valence-corrected chi connectivity index (χ1v) is 7.99. The van der Waals surface area contributed by atoms with Crippen LogP contribution in [0.2, 0.25) is 0 Å². The van der Waals surface area contributed by atoms with Crippen molar-refractivity contribution in [1.29, 1.82) is 0 Å². The molecule has 2 fully saturated rings. The van der Waals surface area contributed by atoms with Crippen molar-refractivity contribution in [2.45, 2.75) is 56.8 Å². The smallest absolute Gasteiger partial charge is 0.237 e. The van der Waals surface area contributed by atoms with Gasteiger partial charge in [-0.15, -0.1) is 0 Å². The minimum Gasteiger partial charge on any atom is -0.351 e. The van der Waals surface area contributed by atoms with Crippen LogP contribution < -0.4 is 11.1 Å². The molecule has 21 heavy (non-hydrogen) atoms. The lowest BCUT2D eigenvalue weighted by Gasteiger charge is -2.20. The molecule has 4 nitrogen and oxygen atoms in total. The molecule has 1 aromatic rings. The number of benzene rings is 1. The fourth-order valence-electron chi connectivity index (χ4n) is 3.34. The highest BCUT2D eigenvalue weighted by molar-refractivity contribution is 5.82. The van der Waals surface area contributed by atoms with Crippen LogP contribution in [0.4, 0.5) is 0 Å². The van der Waals surface area contributed by atoms with Crippen molar-refractivity contribution in [3.05, 3.63) is 35.9 Å². The van der Waals surface area contributed by atoms with Gasteiger partial charge in [0.15, 0.2) is 0 Å². The zero-order valence-electron chi connectivity index (χ0n) is 12.7. The lowest BCUT2D eigenvalue weighted by atomic mass is 10.1. The number of likely N-dealkylation sites (tertiary alicyclic amines) is 1. The van der Waals surface area contributed by atoms with Gasteiger partial charge in [-0.25, -0.2) is 0 Å². The Bertz CT molecular complexity index is 486. The number of nitrogens with two attached hydrogens (primary N) is 1. The average molecular weight is 287 g/mol. The molecule has 3 N–H and O–H groups in total. The second-order valence-corrected chi connectivity index (χ2v) is 6.51. The second-order valence-electron chi connectivity index (χ2n) is 6.51. The van der Waals surface area contributed by atoms with E-state index in [2.05, 4.69) is 17.1 Å². The molecule has 0 spiro atoms. The number of nitrogens with one attached hydrogen (secondary N) is 1. The fraction of sp³-hybridized carbons (Fsp3) is 0.588. The molecule has 1 saturated heterocycles. The largest absolute Gasteiger partial charge is 0.351 e. The highest BCUT2D eigenvalue weighted by Gasteiger charge is 2.39. The Morgan fingerprint density at radius 1 is 1.38 bits per heavy atom. The van der Waals surface area contributed by atoms with Crippen molar-refractivity contribution in [2.24, 2.45) is 5.73 Å². The van der Waals surface area contributed by atoms with E-state index in [1.807, 2.05) is 30.3 Å². The molecule has 114 valence electrons. The van der Waals surface area contributed by atoms with E-state index in [1.165, 1.54) is 12.8 Å². The number of nitrogens with zero attached hydrogens (tertiary/aromatic N) is 1. The Balaban J connectivity index is 1.49. The molecule has 0 unspecified atom stereocenters. The van der Waals surface area contributed by atoms with E-state index in [1.54, 1.807) is 0 Å². The van der Waals surface area contributed by atoms with Crippen LogP contribution in [0.15, 0.2) is 30.3 Å². The van der Waals surface area contributed by atoms with Gasteiger partial charge >= 0.3 is 0 Å². The number of carbonyl (C=O) groups is 1. The Morgan fingerprint density at radius 3 is 2.76 bits per heavy atom. The van der Waals surface area contributed by atoms with Crippen LogP contribution in [0.25, 0.3) is 0 Å². The predicted octanol–water partition coefficient (Wildman–Crippen LogP) is 1.30. The summed E-state index contributed by atoms with van der Waals surface area (Å²) in [6.45, 7) is 3.24. The third-order valence-corrected chi connectivity index (χ3v) is 4.62. The van der Waals surface area contributed by atoms with Crippen LogP contribution >= 0.6 is 0 Å². The minimum absolute atomic E-state index is 0.0197. The van der Waals surface area contributed by atoms with Gasteiger partial charge in [0.05, 0.1) is 6.04 Å². The molecule has 3 atom stereocenters. The molecule has 1 aliphatic carbocycles. The molecule has 1 saturated carbocycles. The number of carbonyl (C=O) groups excluding carboxylic acids is 1. The number of hydrogen-bond acceptors (Lipinski definition) is 3. The summed E-state index contributed by atoms with van der Waals surface area (Å²) >= 11 is 0. The first-order valence-electron chi connectivity index (χ1n) is 7.99. The quantitative estimate of drug-likeness (QED) is 0.858. The van der Waals surface area contributed by atoms with Gasteiger partial charge < -0.3 is 11.1 Å². The van der Waals surface area contributed by atoms with Crippen molar-refractivity contribution in [3.63, 3.8) is 0 Å². The molecule has 3 rings (SSSR count). The standard InChI is InChI=1S/C17H25N3O/c1-12-9-14(11-20(12)15-7-8-15)19-17(21)16(18)10-13-5-3-2-4-6-13/h2-6,12,14-16H,7-11,18H2,1H3,(H,19,21)/t12-,14-,16-/m0/s1. The van der Waals surface area contributed by atoms with Crippen molar-refractivity contribution < 1.29 is 4.79 Å². The summed E-state index contributed by atoms with van der Waals surface area (Å²) in [5, 5.41) is 3.14. The van der Waals surface area contributed by atoms with E-state index < -0.39 is 6.04 Å². The zero-order valence-corrected chi connectivity index (χ0v) is 12.7. The molecule has 1 amide bonds. The molecule has 0 aromatic heterocycles. The van der Waals surface area contributed by atoms with Crippen molar-refractivity contribution in [2.75, 3.05) is 6.54 Å². The number of hydrogen-bond donors (Lipinski definition) is 2. The van der Waals surface area contributed by atoms with E-state index in [0.717, 1.165) is 24.6 Å². The Morgan fingerprint density at radius 2 is 2.10 bits per heavy atom. The van der Waals surface area contributed by atoms with E-state index in [-0.39, 0.29) is 11.9 Å². The molecule has 0 radical (unpaired) electrons. The maximum Gasteiger partial charge on any atom is 0.237 e. The van der Waals surface area contributed by atoms with E-state index in [4.69, 9.17) is 5.73 Å². The van der Waals surface area contributed by atoms with Crippen LogP contribution in [0, 0.1) is 0 Å². The molecule has 0 bridgehead atoms. The molecule has 4 heteroatoms. The summed E-state index contributed by atoms with van der Waals surface area (Å²) in [7, 11) is 0. The summed E-state index contributed by atoms with van der Waals surface area (Å²) in [5.41, 5.74) is 7.15. The van der Waals surface area contributed by atoms with Crippen molar-refractivity contribution in [3.8, 4) is 0 Å². The SMILES string of the molecule is C[C@H]1C[C@H](NC(=O)[C@@H](N)Cc2ccccc2)CN1C1CC1. The van der Waals surface area contributed by atoms with Crippen LogP contribution in [0.3, 0.4) is 0 Å². The van der Waals surface area contributed by atoms with Gasteiger partial charge in [0, 0.05) is 24.7 Å². The van der Waals surface area contributed by atoms with Crippen LogP contribution in [0.5, 0.6) is 0 Å². The van der Waals surface area contributed by atoms with E-state index in [9.17, 15) is 4.79 Å². The first-order chi connectivity index (χ1) is 10.1. The van der Waals surface area contributed by atoms with Crippen molar-refractivity contribution >= 4 is 5.91 Å². The van der Waals surface area contributed by atoms with E-state index in [0.29, 0.717) is 12.5 Å². The molecule has 1 heterocycles. The Hall–Kier alpha value is -1.39. The van der Waals surface area contributed by atoms with E-state index >= 15 is 0 Å². The Labute approximate surface area is 126 Å². The molecular weight excluding hydrogens is 262 g/mol. The van der Waals surface area contributed by atoms with Crippen LogP contribution in [-0.4, -0.2) is 41.5 Å². The Kier molecular flexibility index (Phi) is 4.27. The average Bonchev–Trinajstić information content (AvgIpc) is 3.24. The number of amides is 1. The van der Waals surface area contributed by atoms with Gasteiger partial charge in [-0.2, -0.15) is 0 Å². The summed E-state index contributed by atoms with van der Waals surface area (Å²) in [6, 6.07) is 11.1. The third-order valence-electron chi connectivity index (χ3n) is 4.62. The fourth-order valence-corrected chi connectivity index (χ4v) is 3.34. The molecule has 2 aliphatic rings. The van der Waals surface area contributed by atoms with Gasteiger partial charge in [-0.1, -0.05) is 30.3 Å². The van der Waals surface area contributed by atoms with Gasteiger partial charge in [0.25, 0.3) is 0 Å². The zero-order chi connectivity index (χ0) is 14.8. The molecular formula is C17H25N3O. The summed E-state index contributed by atoms with van der Waals surface area (Å²) in [6.07, 6.45) is 4.28. The maximum absolute atomic E-state index is 12.2. The molecule has 1 aromatic carbocycles. The highest BCUT2D eigenvalue weighted by Crippen LogP contribution is 2.33. The van der Waals surface area contributed by atoms with Gasteiger partial charge in [0.1, 0.15) is 0 Å². The third kappa shape index (κ3) is 3.63. The second kappa shape index (κ2) is 6.16. The number of rotatable bonds is 5. The summed E-state index contributed by atoms with van der Waals surface area (Å²) in [4.78, 5) is 14.8.